The molecule has 0 aliphatic heterocycles. The van der Waals surface area contributed by atoms with E-state index >= 15 is 0 Å². The molecule has 9 nitrogen and oxygen atoms in total. The number of nitrogens with one attached hydrogen (secondary N) is 1. The van der Waals surface area contributed by atoms with Crippen LogP contribution in [0.1, 0.15) is 51.6 Å². The molecule has 0 saturated heterocycles. The molecule has 0 amide bonds. The monoisotopic (exact) mass is 530 g/mol. The average molecular weight is 531 g/mol. The van der Waals surface area contributed by atoms with Gasteiger partial charge < -0.3 is 9.73 Å². The van der Waals surface area contributed by atoms with Crippen LogP contribution in [0.25, 0.3) is 0 Å². The summed E-state index contributed by atoms with van der Waals surface area (Å²) in [6.07, 6.45) is 0.320. The fraction of sp³-hybridized carbons (Fsp3) is 0.381. The third kappa shape index (κ3) is 6.66. The van der Waals surface area contributed by atoms with E-state index in [4.69, 9.17) is 9.56 Å². The maximum Gasteiger partial charge on any atom is 0.449 e. The van der Waals surface area contributed by atoms with Gasteiger partial charge in [0, 0.05) is 18.7 Å². The van der Waals surface area contributed by atoms with Crippen molar-refractivity contribution < 1.29 is 35.0 Å². The maximum atomic E-state index is 13.1. The predicted octanol–water partition coefficient (Wildman–Crippen LogP) is 3.77. The highest BCUT2D eigenvalue weighted by molar-refractivity contribution is 7.84. The summed E-state index contributed by atoms with van der Waals surface area (Å²) in [5.74, 6) is -0.917. The molecule has 3 N–H and O–H groups in total. The number of aromatic nitrogens is 2. The zero-order valence-electron chi connectivity index (χ0n) is 18.1. The molecule has 0 spiro atoms. The molecule has 188 valence electrons. The number of nitrogens with zero attached hydrogens (tertiary/aromatic N) is 2. The molecule has 0 unspecified atom stereocenters. The molecule has 3 aromatic heterocycles. The van der Waals surface area contributed by atoms with E-state index < -0.39 is 22.2 Å². The van der Waals surface area contributed by atoms with E-state index in [1.165, 1.54) is 18.6 Å². The number of alkyl halides is 3. The molecule has 14 heteroatoms. The topological polar surface area (TPSA) is 137 Å². The van der Waals surface area contributed by atoms with E-state index in [-0.39, 0.29) is 42.1 Å². The highest BCUT2D eigenvalue weighted by Crippen LogP contribution is 2.32. The fourth-order valence-corrected chi connectivity index (χ4v) is 5.15. The number of halogens is 3. The third-order valence-corrected chi connectivity index (χ3v) is 6.95. The molecule has 1 aliphatic rings. The maximum absolute atomic E-state index is 13.1. The lowest BCUT2D eigenvalue weighted by atomic mass is 10.1. The van der Waals surface area contributed by atoms with E-state index in [2.05, 4.69) is 19.5 Å². The van der Waals surface area contributed by atoms with Crippen molar-refractivity contribution in [1.82, 2.24) is 9.97 Å². The van der Waals surface area contributed by atoms with Gasteiger partial charge in [0.15, 0.2) is 0 Å². The highest BCUT2D eigenvalue weighted by Gasteiger charge is 2.34. The van der Waals surface area contributed by atoms with Gasteiger partial charge in [-0.1, -0.05) is 0 Å². The highest BCUT2D eigenvalue weighted by atomic mass is 32.2. The van der Waals surface area contributed by atoms with E-state index in [9.17, 15) is 26.4 Å². The molecule has 1 aliphatic carbocycles. The number of hydrogen-bond donors (Lipinski definition) is 2. The minimum Gasteiger partial charge on any atom is -0.456 e. The number of carbonyl (C=O) groups excluding carboxylic acids is 1. The molecule has 35 heavy (non-hydrogen) atoms. The van der Waals surface area contributed by atoms with E-state index in [1.54, 1.807) is 11.4 Å². The van der Waals surface area contributed by atoms with Gasteiger partial charge in [0.1, 0.15) is 17.9 Å². The molecule has 3 heterocycles. The molecular weight excluding hydrogens is 509 g/mol. The van der Waals surface area contributed by atoms with Crippen molar-refractivity contribution in [2.75, 3.05) is 11.9 Å². The van der Waals surface area contributed by atoms with E-state index in [0.717, 1.165) is 30.2 Å². The Morgan fingerprint density at radius 1 is 1.31 bits per heavy atom. The first-order valence-corrected chi connectivity index (χ1v) is 12.8. The Kier molecular flexibility index (Phi) is 7.26. The van der Waals surface area contributed by atoms with E-state index in [1.807, 2.05) is 0 Å². The van der Waals surface area contributed by atoms with Gasteiger partial charge in [0.05, 0.1) is 17.0 Å². The Labute approximate surface area is 202 Å². The van der Waals surface area contributed by atoms with Gasteiger partial charge in [-0.3, -0.25) is 8.98 Å². The second kappa shape index (κ2) is 10.0. The molecule has 0 aromatic carbocycles. The van der Waals surface area contributed by atoms with Crippen molar-refractivity contribution in [1.29, 1.82) is 0 Å². The molecule has 1 saturated carbocycles. The van der Waals surface area contributed by atoms with Gasteiger partial charge in [0.2, 0.25) is 11.5 Å². The molecule has 2 atom stereocenters. The summed E-state index contributed by atoms with van der Waals surface area (Å²) in [6.45, 7) is -0.00925. The van der Waals surface area contributed by atoms with Crippen molar-refractivity contribution in [3.63, 3.8) is 0 Å². The molecule has 0 radical (unpaired) electrons. The summed E-state index contributed by atoms with van der Waals surface area (Å²) in [7, 11) is -4.00. The molecular formula is C21H21F3N4O5S2. The lowest BCUT2D eigenvalue weighted by molar-refractivity contribution is -0.153. The summed E-state index contributed by atoms with van der Waals surface area (Å²) in [4.78, 5) is 21.7. The number of hydrogen-bond acceptors (Lipinski definition) is 9. The Balaban J connectivity index is 1.41. The van der Waals surface area contributed by atoms with Crippen LogP contribution in [-0.2, 0) is 27.1 Å². The lowest BCUT2D eigenvalue weighted by Crippen LogP contribution is -2.22. The third-order valence-electron chi connectivity index (χ3n) is 5.50. The van der Waals surface area contributed by atoms with Crippen LogP contribution >= 0.6 is 11.3 Å². The van der Waals surface area contributed by atoms with Crippen molar-refractivity contribution >= 4 is 33.2 Å². The summed E-state index contributed by atoms with van der Waals surface area (Å²) in [5, 5.41) is 9.79. The summed E-state index contributed by atoms with van der Waals surface area (Å²) >= 11 is 1.16. The smallest absolute Gasteiger partial charge is 0.449 e. The van der Waals surface area contributed by atoms with Crippen LogP contribution in [0.15, 0.2) is 40.5 Å². The van der Waals surface area contributed by atoms with Gasteiger partial charge in [-0.2, -0.15) is 21.6 Å². The number of nitrogens with two attached hydrogens (primary N) is 1. The molecule has 1 fully saturated rings. The Bertz CT molecular complexity index is 1310. The number of ketones is 1. The first-order valence-electron chi connectivity index (χ1n) is 10.5. The van der Waals surface area contributed by atoms with Crippen LogP contribution in [0.3, 0.4) is 0 Å². The van der Waals surface area contributed by atoms with Crippen LogP contribution < -0.4 is 10.5 Å². The van der Waals surface area contributed by atoms with Crippen LogP contribution in [0.2, 0.25) is 0 Å². The number of thiophene rings is 1. The van der Waals surface area contributed by atoms with E-state index in [0.29, 0.717) is 22.7 Å². The van der Waals surface area contributed by atoms with Crippen LogP contribution in [0, 0.1) is 5.92 Å². The number of furan rings is 1. The van der Waals surface area contributed by atoms with Gasteiger partial charge in [-0.05, 0) is 54.3 Å². The first-order chi connectivity index (χ1) is 16.5. The Hall–Kier alpha value is -2.81. The second-order valence-corrected chi connectivity index (χ2v) is 10.3. The summed E-state index contributed by atoms with van der Waals surface area (Å²) in [5.41, 5.74) is 0.892. The molecule has 4 rings (SSSR count). The summed E-state index contributed by atoms with van der Waals surface area (Å²) < 4.78 is 69.7. The fourth-order valence-electron chi connectivity index (χ4n) is 3.90. The van der Waals surface area contributed by atoms with Gasteiger partial charge in [-0.15, -0.1) is 11.3 Å². The number of anilines is 1. The van der Waals surface area contributed by atoms with Crippen LogP contribution in [0.5, 0.6) is 0 Å². The average Bonchev–Trinajstić information content (AvgIpc) is 3.53. The lowest BCUT2D eigenvalue weighted by Gasteiger charge is -2.15. The van der Waals surface area contributed by atoms with Crippen molar-refractivity contribution in [2.24, 2.45) is 11.1 Å². The van der Waals surface area contributed by atoms with Gasteiger partial charge in [0.25, 0.3) is 0 Å². The van der Waals surface area contributed by atoms with Crippen molar-refractivity contribution in [3.8, 4) is 0 Å². The summed E-state index contributed by atoms with van der Waals surface area (Å²) in [6, 6.07) is 3.70. The van der Waals surface area contributed by atoms with Gasteiger partial charge in [-0.25, -0.2) is 15.1 Å². The largest absolute Gasteiger partial charge is 0.456 e. The molecule has 0 bridgehead atoms. The quantitative estimate of drug-likeness (QED) is 0.399. The van der Waals surface area contributed by atoms with Crippen molar-refractivity contribution in [3.05, 3.63) is 63.6 Å². The zero-order valence-corrected chi connectivity index (χ0v) is 19.8. The predicted molar refractivity (Wildman–Crippen MR) is 120 cm³/mol. The van der Waals surface area contributed by atoms with Crippen molar-refractivity contribution in [2.45, 2.75) is 37.9 Å². The van der Waals surface area contributed by atoms with Crippen LogP contribution in [0.4, 0.5) is 19.0 Å². The normalized spacial score (nSPS) is 18.6. The second-order valence-electron chi connectivity index (χ2n) is 8.17. The minimum atomic E-state index is -4.56. The first kappa shape index (κ1) is 25.3. The number of carbonyl (C=O) groups is 1. The minimum absolute atomic E-state index is 0.00821. The zero-order chi connectivity index (χ0) is 25.2. The SMILES string of the molecule is NS(=O)(=O)OC[C@@H]1CC[C@H](Nc2ncncc2C(=O)c2cc(Cc3ccc(C(F)(F)F)o3)cs2)C1. The van der Waals surface area contributed by atoms with Crippen LogP contribution in [-0.4, -0.2) is 36.8 Å². The standard InChI is InChI=1S/C21H21F3N4O5S2/c22-21(23,24)18-4-3-15(33-18)6-13-7-17(34-10-13)19(29)16-8-26-11-27-20(16)28-14-2-1-12(5-14)9-32-35(25,30)31/h3-4,7-8,10-12,14H,1-2,5-6,9H2,(H2,25,30,31)(H,26,27,28)/t12-,14+/m1/s1. The Morgan fingerprint density at radius 3 is 2.83 bits per heavy atom. The van der Waals surface area contributed by atoms with Gasteiger partial charge >= 0.3 is 16.5 Å². The number of rotatable bonds is 9. The Morgan fingerprint density at radius 2 is 2.11 bits per heavy atom. The molecule has 3 aromatic rings.